The largest absolute Gasteiger partial charge is 0.496 e. The Morgan fingerprint density at radius 2 is 1.45 bits per heavy atom. The zero-order valence-electron chi connectivity index (χ0n) is 20.9. The fourth-order valence-corrected chi connectivity index (χ4v) is 4.70. The van der Waals surface area contributed by atoms with Gasteiger partial charge in [0.05, 0.1) is 7.11 Å². The van der Waals surface area contributed by atoms with Crippen LogP contribution < -0.4 is 4.74 Å². The molecule has 0 aliphatic carbocycles. The van der Waals surface area contributed by atoms with Crippen LogP contribution in [0.4, 0.5) is 0 Å². The first-order valence-corrected chi connectivity index (χ1v) is 13.6. The van der Waals surface area contributed by atoms with E-state index in [1.54, 1.807) is 7.11 Å². The van der Waals surface area contributed by atoms with Gasteiger partial charge in [-0.25, -0.2) is 0 Å². The third kappa shape index (κ3) is 11.4. The molecule has 1 N–H and O–H groups in total. The molecule has 2 rings (SSSR count). The maximum absolute atomic E-state index is 10.6. The Morgan fingerprint density at radius 3 is 1.90 bits per heavy atom. The smallest absolute Gasteiger partial charge is 0.126 e. The molecule has 0 radical (unpaired) electrons. The summed E-state index contributed by atoms with van der Waals surface area (Å²) in [6.45, 7) is 17.5. The van der Waals surface area contributed by atoms with Gasteiger partial charge in [0.2, 0.25) is 0 Å². The molecule has 0 saturated heterocycles. The zero-order valence-corrected chi connectivity index (χ0v) is 21.7. The summed E-state index contributed by atoms with van der Waals surface area (Å²) in [6.07, 6.45) is 4.37. The number of benzene rings is 2. The van der Waals surface area contributed by atoms with Crippen molar-refractivity contribution in [2.75, 3.05) is 38.8 Å². The van der Waals surface area contributed by atoms with Crippen LogP contribution >= 0.6 is 10.3 Å². The summed E-state index contributed by atoms with van der Waals surface area (Å²) in [4.78, 5) is 3.56. The predicted molar refractivity (Wildman–Crippen MR) is 142 cm³/mol. The minimum Gasteiger partial charge on any atom is -0.496 e. The van der Waals surface area contributed by atoms with Gasteiger partial charge in [-0.1, -0.05) is 70.7 Å². The van der Waals surface area contributed by atoms with E-state index in [9.17, 15) is 4.55 Å². The number of hydrogen-bond donors (Lipinski definition) is 1. The molecule has 0 heterocycles. The molecule has 0 aliphatic rings. The molecule has 2 aromatic carbocycles. The predicted octanol–water partition coefficient (Wildman–Crippen LogP) is 7.83. The number of methoxy groups -OCH3 is 1. The first-order chi connectivity index (χ1) is 14.9. The molecule has 0 aromatic heterocycles. The van der Waals surface area contributed by atoms with Crippen LogP contribution in [0.5, 0.6) is 5.75 Å². The first kappa shape index (κ1) is 29.2. The van der Waals surface area contributed by atoms with Gasteiger partial charge >= 0.3 is 0 Å². The van der Waals surface area contributed by atoms with Crippen LogP contribution in [0.3, 0.4) is 0 Å². The molecule has 1 atom stereocenters. The average Bonchev–Trinajstić information content (AvgIpc) is 2.80. The van der Waals surface area contributed by atoms with Gasteiger partial charge in [-0.3, -0.25) is 0 Å². The maximum Gasteiger partial charge on any atom is 0.126 e. The van der Waals surface area contributed by atoms with Crippen molar-refractivity contribution < 1.29 is 9.29 Å². The number of allylic oxidation sites excluding steroid dienone is 1. The summed E-state index contributed by atoms with van der Waals surface area (Å²) in [5.41, 5.74) is 2.11. The van der Waals surface area contributed by atoms with Crippen molar-refractivity contribution in [3.8, 4) is 5.75 Å². The molecular weight excluding hydrogens is 402 g/mol. The van der Waals surface area contributed by atoms with E-state index in [-0.39, 0.29) is 0 Å². The zero-order chi connectivity index (χ0) is 23.7. The molecular formula is C27H45NO2S. The highest BCUT2D eigenvalue weighted by Crippen LogP contribution is 2.47. The monoisotopic (exact) mass is 447 g/mol. The third-order valence-corrected chi connectivity index (χ3v) is 6.97. The molecule has 31 heavy (non-hydrogen) atoms. The molecule has 3 nitrogen and oxygen atoms in total. The van der Waals surface area contributed by atoms with Gasteiger partial charge < -0.3 is 14.2 Å². The molecule has 0 fully saturated rings. The van der Waals surface area contributed by atoms with Crippen LogP contribution in [0.1, 0.15) is 53.0 Å². The summed E-state index contributed by atoms with van der Waals surface area (Å²) in [5.74, 6) is 1.76. The first-order valence-electron chi connectivity index (χ1n) is 11.4. The second-order valence-corrected chi connectivity index (χ2v) is 10.3. The average molecular weight is 448 g/mol. The molecule has 0 amide bonds. The highest BCUT2D eigenvalue weighted by molar-refractivity contribution is 8.28. The van der Waals surface area contributed by atoms with Crippen LogP contribution in [0.2, 0.25) is 0 Å². The van der Waals surface area contributed by atoms with E-state index in [2.05, 4.69) is 25.3 Å². The van der Waals surface area contributed by atoms with Crippen molar-refractivity contribution in [3.05, 3.63) is 66.7 Å². The lowest BCUT2D eigenvalue weighted by molar-refractivity contribution is 0.290. The second-order valence-electron chi connectivity index (χ2n) is 7.38. The van der Waals surface area contributed by atoms with Gasteiger partial charge in [0.1, 0.15) is 5.75 Å². The van der Waals surface area contributed by atoms with Crippen molar-refractivity contribution in [3.63, 3.8) is 0 Å². The SMILES string of the molecule is C=C(C)c1ccccc1OC.CC.CCCN(CCC)CCS(C)(O)c1ccccc1. The fourth-order valence-electron chi connectivity index (χ4n) is 3.10. The Bertz CT molecular complexity index is 710. The number of ether oxygens (including phenoxy) is 1. The van der Waals surface area contributed by atoms with Gasteiger partial charge in [0.25, 0.3) is 0 Å². The van der Waals surface area contributed by atoms with Gasteiger partial charge in [-0.05, 0) is 62.9 Å². The summed E-state index contributed by atoms with van der Waals surface area (Å²) in [6, 6.07) is 18.0. The van der Waals surface area contributed by atoms with Gasteiger partial charge in [0, 0.05) is 22.8 Å². The molecule has 0 bridgehead atoms. The Balaban J connectivity index is 0.000000591. The van der Waals surface area contributed by atoms with Crippen molar-refractivity contribution in [1.82, 2.24) is 4.90 Å². The molecule has 0 aliphatic heterocycles. The van der Waals surface area contributed by atoms with Crippen LogP contribution in [-0.4, -0.2) is 48.2 Å². The Hall–Kier alpha value is -1.75. The third-order valence-electron chi connectivity index (χ3n) is 4.70. The van der Waals surface area contributed by atoms with Gasteiger partial charge in [-0.2, -0.15) is 0 Å². The number of nitrogens with zero attached hydrogens (tertiary/aromatic N) is 1. The van der Waals surface area contributed by atoms with E-state index >= 15 is 0 Å². The standard InChI is InChI=1S/C15H27NOS.C10H12O.C2H6/c1-4-11-16(12-5-2)13-14-18(3,17)15-9-7-6-8-10-15;1-8(2)9-6-4-5-7-10(9)11-3;1-2/h6-10,17H,4-5,11-14H2,1-3H3;4-7H,1H2,2-3H3;1-2H3. The van der Waals surface area contributed by atoms with Crippen molar-refractivity contribution in [2.45, 2.75) is 52.4 Å². The van der Waals surface area contributed by atoms with E-state index in [1.807, 2.05) is 81.6 Å². The van der Waals surface area contributed by atoms with E-state index in [0.717, 1.165) is 47.2 Å². The Kier molecular flexibility index (Phi) is 15.9. The molecule has 1 unspecified atom stereocenters. The molecule has 0 spiro atoms. The van der Waals surface area contributed by atoms with E-state index in [0.29, 0.717) is 0 Å². The van der Waals surface area contributed by atoms with Gasteiger partial charge in [0.15, 0.2) is 0 Å². The number of para-hydroxylation sites is 1. The van der Waals surface area contributed by atoms with Crippen LogP contribution in [-0.2, 0) is 0 Å². The molecule has 4 heteroatoms. The van der Waals surface area contributed by atoms with Crippen LogP contribution in [0.25, 0.3) is 5.57 Å². The summed E-state index contributed by atoms with van der Waals surface area (Å²) in [5, 5.41) is 0. The van der Waals surface area contributed by atoms with Crippen molar-refractivity contribution in [1.29, 1.82) is 0 Å². The number of rotatable bonds is 10. The summed E-state index contributed by atoms with van der Waals surface area (Å²) < 4.78 is 15.8. The minimum absolute atomic E-state index is 0.872. The Morgan fingerprint density at radius 1 is 0.935 bits per heavy atom. The number of hydrogen-bond acceptors (Lipinski definition) is 3. The summed E-state index contributed by atoms with van der Waals surface area (Å²) in [7, 11) is 0.0348. The highest BCUT2D eigenvalue weighted by Gasteiger charge is 2.17. The van der Waals surface area contributed by atoms with Crippen molar-refractivity contribution in [2.24, 2.45) is 0 Å². The summed E-state index contributed by atoms with van der Waals surface area (Å²) >= 11 is 0. The lowest BCUT2D eigenvalue weighted by Gasteiger charge is -2.32. The maximum atomic E-state index is 10.6. The highest BCUT2D eigenvalue weighted by atomic mass is 32.3. The fraction of sp³-hybridized carbons (Fsp3) is 0.481. The Labute approximate surface area is 193 Å². The lowest BCUT2D eigenvalue weighted by atomic mass is 10.1. The molecule has 0 saturated carbocycles. The minimum atomic E-state index is -1.63. The van der Waals surface area contributed by atoms with Gasteiger partial charge in [-0.15, -0.1) is 10.3 Å². The molecule has 2 aromatic rings. The van der Waals surface area contributed by atoms with Crippen LogP contribution in [0, 0.1) is 0 Å². The quantitative estimate of drug-likeness (QED) is 0.403. The van der Waals surface area contributed by atoms with Crippen LogP contribution in [0.15, 0.2) is 66.1 Å². The topological polar surface area (TPSA) is 32.7 Å². The second kappa shape index (κ2) is 16.9. The normalized spacial score (nSPS) is 13.1. The molecule has 176 valence electrons. The van der Waals surface area contributed by atoms with E-state index in [4.69, 9.17) is 4.74 Å². The lowest BCUT2D eigenvalue weighted by Crippen LogP contribution is -2.30. The van der Waals surface area contributed by atoms with Crippen molar-refractivity contribution >= 4 is 15.9 Å². The van der Waals surface area contributed by atoms with E-state index < -0.39 is 10.3 Å². The van der Waals surface area contributed by atoms with E-state index in [1.165, 1.54) is 12.8 Å².